The summed E-state index contributed by atoms with van der Waals surface area (Å²) < 4.78 is 10.9. The lowest BCUT2D eigenvalue weighted by atomic mass is 9.84. The Balaban J connectivity index is 2.50. The molecule has 0 spiro atoms. The molecule has 0 N–H and O–H groups in total. The van der Waals surface area contributed by atoms with Crippen LogP contribution >= 0.6 is 0 Å². The first-order chi connectivity index (χ1) is 6.08. The third kappa shape index (κ3) is 2.90. The molecule has 13 heavy (non-hydrogen) atoms. The molecule has 0 aromatic heterocycles. The van der Waals surface area contributed by atoms with Crippen LogP contribution in [0.3, 0.4) is 0 Å². The van der Waals surface area contributed by atoms with Crippen molar-refractivity contribution in [2.45, 2.75) is 32.6 Å². The topological polar surface area (TPSA) is 34.1 Å². The number of hydrogen-bond acceptors (Lipinski definition) is 2. The van der Waals surface area contributed by atoms with Gasteiger partial charge in [0.2, 0.25) is 0 Å². The minimum Gasteiger partial charge on any atom is -0.303 e. The Labute approximate surface area is 82.6 Å². The zero-order valence-electron chi connectivity index (χ0n) is 8.41. The predicted octanol–water partition coefficient (Wildman–Crippen LogP) is 1.76. The van der Waals surface area contributed by atoms with Crippen molar-refractivity contribution >= 4 is 17.1 Å². The first kappa shape index (κ1) is 10.9. The van der Waals surface area contributed by atoms with Crippen molar-refractivity contribution in [3.63, 3.8) is 0 Å². The first-order valence-electron chi connectivity index (χ1n) is 4.84. The molecule has 3 atom stereocenters. The Hall–Kier alpha value is -0.180. The molecule has 0 saturated heterocycles. The van der Waals surface area contributed by atoms with Gasteiger partial charge < -0.3 is 4.79 Å². The summed E-state index contributed by atoms with van der Waals surface area (Å²) >= 11 is 0. The van der Waals surface area contributed by atoms with Gasteiger partial charge in [-0.25, -0.2) is 0 Å². The van der Waals surface area contributed by atoms with Crippen molar-refractivity contribution in [1.29, 1.82) is 0 Å². The summed E-state index contributed by atoms with van der Waals surface area (Å²) in [6.45, 7) is 2.19. The van der Waals surface area contributed by atoms with E-state index in [1.54, 1.807) is 6.26 Å². The highest BCUT2D eigenvalue weighted by atomic mass is 32.2. The van der Waals surface area contributed by atoms with E-state index in [0.717, 1.165) is 32.0 Å². The van der Waals surface area contributed by atoms with E-state index in [0.29, 0.717) is 11.7 Å². The van der Waals surface area contributed by atoms with Gasteiger partial charge in [-0.3, -0.25) is 4.21 Å². The lowest BCUT2D eigenvalue weighted by molar-refractivity contribution is -0.116. The Kier molecular flexibility index (Phi) is 3.65. The van der Waals surface area contributed by atoms with Crippen LogP contribution in [-0.2, 0) is 15.6 Å². The summed E-state index contributed by atoms with van der Waals surface area (Å²) in [5.41, 5.74) is -0.134. The molecule has 0 amide bonds. The van der Waals surface area contributed by atoms with Crippen LogP contribution in [-0.4, -0.2) is 22.5 Å². The summed E-state index contributed by atoms with van der Waals surface area (Å²) in [6, 6.07) is 0. The number of carbonyl (C=O) groups is 1. The van der Waals surface area contributed by atoms with Crippen LogP contribution in [0.2, 0.25) is 0 Å². The van der Waals surface area contributed by atoms with Gasteiger partial charge in [-0.15, -0.1) is 0 Å². The third-order valence-corrected chi connectivity index (χ3v) is 3.81. The second kappa shape index (κ2) is 4.36. The van der Waals surface area contributed by atoms with Crippen molar-refractivity contribution in [2.75, 3.05) is 12.0 Å². The van der Waals surface area contributed by atoms with Crippen LogP contribution in [0.15, 0.2) is 0 Å². The van der Waals surface area contributed by atoms with E-state index in [1.807, 2.05) is 0 Å². The van der Waals surface area contributed by atoms with Crippen LogP contribution < -0.4 is 0 Å². The van der Waals surface area contributed by atoms with Gasteiger partial charge in [0, 0.05) is 28.2 Å². The molecule has 1 saturated carbocycles. The fraction of sp³-hybridized carbons (Fsp3) is 0.900. The lowest BCUT2D eigenvalue weighted by Gasteiger charge is -2.21. The standard InChI is InChI=1S/C10H18O2S/c1-9-3-4-10(7-9,8-11)5-6-13(2)12/h8-9H,3-7H2,1-2H3. The fourth-order valence-electron chi connectivity index (χ4n) is 2.17. The Morgan fingerprint density at radius 3 is 2.69 bits per heavy atom. The molecule has 0 heterocycles. The number of carbonyl (C=O) groups excluding carboxylic acids is 1. The van der Waals surface area contributed by atoms with Crippen molar-refractivity contribution in [3.05, 3.63) is 0 Å². The van der Waals surface area contributed by atoms with E-state index in [4.69, 9.17) is 0 Å². The smallest absolute Gasteiger partial charge is 0.126 e. The molecule has 1 aliphatic carbocycles. The maximum Gasteiger partial charge on any atom is 0.126 e. The molecule has 0 aromatic carbocycles. The Morgan fingerprint density at radius 2 is 2.31 bits per heavy atom. The monoisotopic (exact) mass is 202 g/mol. The predicted molar refractivity (Wildman–Crippen MR) is 55.1 cm³/mol. The number of hydrogen-bond donors (Lipinski definition) is 0. The zero-order chi connectivity index (χ0) is 9.90. The molecule has 0 bridgehead atoms. The second-order valence-corrected chi connectivity index (χ2v) is 5.91. The minimum absolute atomic E-state index is 0.134. The summed E-state index contributed by atoms with van der Waals surface area (Å²) in [6.07, 6.45) is 6.75. The van der Waals surface area contributed by atoms with Crippen molar-refractivity contribution in [2.24, 2.45) is 11.3 Å². The van der Waals surface area contributed by atoms with E-state index in [-0.39, 0.29) is 5.41 Å². The van der Waals surface area contributed by atoms with Crippen LogP contribution in [0.25, 0.3) is 0 Å². The van der Waals surface area contributed by atoms with Gasteiger partial charge in [-0.2, -0.15) is 0 Å². The van der Waals surface area contributed by atoms with E-state index >= 15 is 0 Å². The maximum atomic E-state index is 11.0. The third-order valence-electron chi connectivity index (χ3n) is 3.03. The molecule has 1 rings (SSSR count). The first-order valence-corrected chi connectivity index (χ1v) is 6.57. The molecular weight excluding hydrogens is 184 g/mol. The normalized spacial score (nSPS) is 36.0. The molecule has 1 aliphatic rings. The van der Waals surface area contributed by atoms with E-state index in [9.17, 15) is 9.00 Å². The summed E-state index contributed by atoms with van der Waals surface area (Å²) in [4.78, 5) is 11.0. The average Bonchev–Trinajstić information content (AvgIpc) is 2.45. The van der Waals surface area contributed by atoms with Crippen molar-refractivity contribution < 1.29 is 9.00 Å². The van der Waals surface area contributed by atoms with Gasteiger partial charge in [0.15, 0.2) is 0 Å². The van der Waals surface area contributed by atoms with Crippen molar-refractivity contribution in [3.8, 4) is 0 Å². The van der Waals surface area contributed by atoms with Crippen LogP contribution in [0, 0.1) is 11.3 Å². The maximum absolute atomic E-state index is 11.0. The number of aldehydes is 1. The summed E-state index contributed by atoms with van der Waals surface area (Å²) in [7, 11) is -0.759. The van der Waals surface area contributed by atoms with Crippen LogP contribution in [0.4, 0.5) is 0 Å². The SMILES string of the molecule is CC1CCC(C=O)(CCS(C)=O)C1. The average molecular weight is 202 g/mol. The van der Waals surface area contributed by atoms with Crippen LogP contribution in [0.1, 0.15) is 32.6 Å². The molecule has 76 valence electrons. The van der Waals surface area contributed by atoms with Gasteiger partial charge in [-0.05, 0) is 31.6 Å². The van der Waals surface area contributed by atoms with E-state index < -0.39 is 10.8 Å². The lowest BCUT2D eigenvalue weighted by Crippen LogP contribution is -2.21. The van der Waals surface area contributed by atoms with Gasteiger partial charge in [0.1, 0.15) is 6.29 Å². The van der Waals surface area contributed by atoms with Gasteiger partial charge >= 0.3 is 0 Å². The highest BCUT2D eigenvalue weighted by Crippen LogP contribution is 2.42. The van der Waals surface area contributed by atoms with Gasteiger partial charge in [0.05, 0.1) is 0 Å². The van der Waals surface area contributed by atoms with Gasteiger partial charge in [0.25, 0.3) is 0 Å². The van der Waals surface area contributed by atoms with E-state index in [1.165, 1.54) is 0 Å². The largest absolute Gasteiger partial charge is 0.303 e. The highest BCUT2D eigenvalue weighted by molar-refractivity contribution is 7.84. The highest BCUT2D eigenvalue weighted by Gasteiger charge is 2.36. The molecule has 3 heteroatoms. The van der Waals surface area contributed by atoms with Crippen LogP contribution in [0.5, 0.6) is 0 Å². The molecular formula is C10H18O2S. The molecule has 1 fully saturated rings. The van der Waals surface area contributed by atoms with E-state index in [2.05, 4.69) is 6.92 Å². The summed E-state index contributed by atoms with van der Waals surface area (Å²) in [5.74, 6) is 1.33. The Bertz CT molecular complexity index is 215. The molecule has 3 unspecified atom stereocenters. The molecule has 0 aliphatic heterocycles. The van der Waals surface area contributed by atoms with Crippen molar-refractivity contribution in [1.82, 2.24) is 0 Å². The molecule has 0 aromatic rings. The molecule has 0 radical (unpaired) electrons. The minimum atomic E-state index is -0.759. The quantitative estimate of drug-likeness (QED) is 0.651. The zero-order valence-corrected chi connectivity index (χ0v) is 9.23. The van der Waals surface area contributed by atoms with Gasteiger partial charge in [-0.1, -0.05) is 6.92 Å². The second-order valence-electron chi connectivity index (χ2n) is 4.36. The Morgan fingerprint density at radius 1 is 1.62 bits per heavy atom. The number of rotatable bonds is 4. The molecule has 2 nitrogen and oxygen atoms in total. The summed E-state index contributed by atoms with van der Waals surface area (Å²) in [5, 5.41) is 0. The fourth-order valence-corrected chi connectivity index (χ4v) is 2.87.